The van der Waals surface area contributed by atoms with Crippen molar-refractivity contribution < 1.29 is 4.79 Å². The van der Waals surface area contributed by atoms with E-state index < -0.39 is 0 Å². The molecule has 0 bridgehead atoms. The van der Waals surface area contributed by atoms with Crippen LogP contribution in [0.5, 0.6) is 0 Å². The Hall–Kier alpha value is -3.15. The summed E-state index contributed by atoms with van der Waals surface area (Å²) < 4.78 is 0. The molecule has 1 atom stereocenters. The van der Waals surface area contributed by atoms with Gasteiger partial charge >= 0.3 is 0 Å². The molecule has 0 saturated carbocycles. The topological polar surface area (TPSA) is 100 Å². The number of hydrogen-bond donors (Lipinski definition) is 3. The SMILES string of the molecule is CC(=N[C@H](C)c1ccccc1)C(=CN)C(=O)NCc1c(C)cc(C)[nH]c1=O. The summed E-state index contributed by atoms with van der Waals surface area (Å²) >= 11 is 0. The lowest BCUT2D eigenvalue weighted by Crippen LogP contribution is -2.31. The molecule has 0 aliphatic carbocycles. The van der Waals surface area contributed by atoms with E-state index in [9.17, 15) is 9.59 Å². The number of carbonyl (C=O) groups excluding carboxylic acids is 1. The molecule has 0 aliphatic heterocycles. The molecule has 0 saturated heterocycles. The third kappa shape index (κ3) is 5.17. The first-order chi connectivity index (χ1) is 12.8. The number of aryl methyl sites for hydroxylation is 2. The summed E-state index contributed by atoms with van der Waals surface area (Å²) in [5.74, 6) is -0.363. The van der Waals surface area contributed by atoms with E-state index in [4.69, 9.17) is 5.73 Å². The number of rotatable bonds is 6. The van der Waals surface area contributed by atoms with Crippen LogP contribution in [0.3, 0.4) is 0 Å². The summed E-state index contributed by atoms with van der Waals surface area (Å²) in [6.07, 6.45) is 1.25. The molecule has 0 fully saturated rings. The second-order valence-corrected chi connectivity index (χ2v) is 6.51. The summed E-state index contributed by atoms with van der Waals surface area (Å²) in [5, 5.41) is 2.76. The van der Waals surface area contributed by atoms with Gasteiger partial charge in [-0.15, -0.1) is 0 Å². The molecule has 1 aromatic heterocycles. The molecule has 0 aliphatic rings. The van der Waals surface area contributed by atoms with Crippen molar-refractivity contribution >= 4 is 11.6 Å². The zero-order valence-corrected chi connectivity index (χ0v) is 16.2. The number of benzene rings is 1. The average Bonchev–Trinajstić information content (AvgIpc) is 2.62. The first-order valence-electron chi connectivity index (χ1n) is 8.82. The van der Waals surface area contributed by atoms with Crippen molar-refractivity contribution in [3.05, 3.63) is 80.9 Å². The van der Waals surface area contributed by atoms with Crippen molar-refractivity contribution in [2.45, 2.75) is 40.3 Å². The van der Waals surface area contributed by atoms with Crippen LogP contribution in [0.25, 0.3) is 0 Å². The Bertz CT molecular complexity index is 927. The van der Waals surface area contributed by atoms with Crippen LogP contribution in [0.15, 0.2) is 58.0 Å². The number of nitrogens with one attached hydrogen (secondary N) is 2. The van der Waals surface area contributed by atoms with Gasteiger partial charge in [0.1, 0.15) is 0 Å². The average molecular weight is 366 g/mol. The van der Waals surface area contributed by atoms with Crippen LogP contribution < -0.4 is 16.6 Å². The number of pyridine rings is 1. The number of aromatic amines is 1. The third-order valence-corrected chi connectivity index (χ3v) is 4.39. The number of hydrogen-bond acceptors (Lipinski definition) is 4. The van der Waals surface area contributed by atoms with Gasteiger partial charge in [0.25, 0.3) is 11.5 Å². The summed E-state index contributed by atoms with van der Waals surface area (Å²) in [6.45, 7) is 7.50. The highest BCUT2D eigenvalue weighted by atomic mass is 16.2. The molecule has 142 valence electrons. The van der Waals surface area contributed by atoms with Crippen molar-refractivity contribution in [2.75, 3.05) is 0 Å². The van der Waals surface area contributed by atoms with E-state index in [2.05, 4.69) is 15.3 Å². The van der Waals surface area contributed by atoms with Gasteiger partial charge in [0, 0.05) is 29.7 Å². The highest BCUT2D eigenvalue weighted by Crippen LogP contribution is 2.17. The molecular weight excluding hydrogens is 340 g/mol. The van der Waals surface area contributed by atoms with Crippen molar-refractivity contribution in [1.82, 2.24) is 10.3 Å². The Morgan fingerprint density at radius 2 is 1.96 bits per heavy atom. The standard InChI is InChI=1S/C21H26N4O2/c1-13-10-14(2)24-21(27)19(13)12-23-20(26)18(11-22)16(4)25-15(3)17-8-6-5-7-9-17/h5-11,15H,12,22H2,1-4H3,(H,23,26)(H,24,27)/t15-/m1/s1. The van der Waals surface area contributed by atoms with Crippen molar-refractivity contribution in [3.63, 3.8) is 0 Å². The Balaban J connectivity index is 2.12. The lowest BCUT2D eigenvalue weighted by molar-refractivity contribution is -0.117. The quantitative estimate of drug-likeness (QED) is 0.541. The Kier molecular flexibility index (Phi) is 6.71. The zero-order chi connectivity index (χ0) is 20.0. The number of aromatic nitrogens is 1. The summed E-state index contributed by atoms with van der Waals surface area (Å²) in [6, 6.07) is 11.6. The molecule has 1 heterocycles. The summed E-state index contributed by atoms with van der Waals surface area (Å²) in [4.78, 5) is 31.9. The van der Waals surface area contributed by atoms with E-state index in [0.29, 0.717) is 16.8 Å². The van der Waals surface area contributed by atoms with Crippen LogP contribution in [0, 0.1) is 13.8 Å². The van der Waals surface area contributed by atoms with E-state index in [0.717, 1.165) is 16.8 Å². The Morgan fingerprint density at radius 1 is 1.30 bits per heavy atom. The minimum atomic E-state index is -0.363. The first-order valence-corrected chi connectivity index (χ1v) is 8.82. The lowest BCUT2D eigenvalue weighted by atomic mass is 10.1. The van der Waals surface area contributed by atoms with Crippen LogP contribution >= 0.6 is 0 Å². The minimum absolute atomic E-state index is 0.101. The fourth-order valence-electron chi connectivity index (χ4n) is 2.89. The molecule has 0 spiro atoms. The Labute approximate surface area is 159 Å². The van der Waals surface area contributed by atoms with Crippen LogP contribution in [-0.2, 0) is 11.3 Å². The highest BCUT2D eigenvalue weighted by Gasteiger charge is 2.15. The molecule has 1 aromatic carbocycles. The number of H-pyrrole nitrogens is 1. The van der Waals surface area contributed by atoms with Crippen LogP contribution in [0.1, 0.15) is 42.3 Å². The second-order valence-electron chi connectivity index (χ2n) is 6.51. The van der Waals surface area contributed by atoms with Gasteiger partial charge < -0.3 is 16.0 Å². The predicted octanol–water partition coefficient (Wildman–Crippen LogP) is 2.67. The van der Waals surface area contributed by atoms with E-state index in [1.165, 1.54) is 6.20 Å². The third-order valence-electron chi connectivity index (χ3n) is 4.39. The number of carbonyl (C=O) groups is 1. The van der Waals surface area contributed by atoms with E-state index in [1.54, 1.807) is 6.92 Å². The molecule has 4 N–H and O–H groups in total. The number of aliphatic imine (C=N–C) groups is 1. The molecular formula is C21H26N4O2. The normalized spacial score (nSPS) is 13.3. The van der Waals surface area contributed by atoms with E-state index in [-0.39, 0.29) is 24.1 Å². The number of nitrogens with two attached hydrogens (primary N) is 1. The molecule has 27 heavy (non-hydrogen) atoms. The molecule has 2 aromatic rings. The van der Waals surface area contributed by atoms with Gasteiger partial charge in [0.15, 0.2) is 0 Å². The maximum atomic E-state index is 12.5. The molecule has 2 rings (SSSR count). The van der Waals surface area contributed by atoms with Gasteiger partial charge in [-0.2, -0.15) is 0 Å². The van der Waals surface area contributed by atoms with Crippen LogP contribution in [0.4, 0.5) is 0 Å². The number of amides is 1. The minimum Gasteiger partial charge on any atom is -0.404 e. The molecule has 1 amide bonds. The van der Waals surface area contributed by atoms with Crippen LogP contribution in [-0.4, -0.2) is 16.6 Å². The van der Waals surface area contributed by atoms with E-state index >= 15 is 0 Å². The molecule has 6 heteroatoms. The van der Waals surface area contributed by atoms with Crippen LogP contribution in [0.2, 0.25) is 0 Å². The molecule has 0 radical (unpaired) electrons. The van der Waals surface area contributed by atoms with Gasteiger partial charge in [-0.1, -0.05) is 30.3 Å². The van der Waals surface area contributed by atoms with Gasteiger partial charge in [-0.05, 0) is 44.9 Å². The van der Waals surface area contributed by atoms with Gasteiger partial charge in [-0.25, -0.2) is 0 Å². The fraction of sp³-hybridized carbons (Fsp3) is 0.286. The smallest absolute Gasteiger partial charge is 0.254 e. The van der Waals surface area contributed by atoms with Gasteiger partial charge in [0.2, 0.25) is 0 Å². The predicted molar refractivity (Wildman–Crippen MR) is 109 cm³/mol. The number of nitrogens with zero attached hydrogens (tertiary/aromatic N) is 1. The summed E-state index contributed by atoms with van der Waals surface area (Å²) in [7, 11) is 0. The Morgan fingerprint density at radius 3 is 2.56 bits per heavy atom. The zero-order valence-electron chi connectivity index (χ0n) is 16.2. The first kappa shape index (κ1) is 20.2. The largest absolute Gasteiger partial charge is 0.404 e. The second kappa shape index (κ2) is 8.98. The van der Waals surface area contributed by atoms with Gasteiger partial charge in [0.05, 0.1) is 11.6 Å². The summed E-state index contributed by atoms with van der Waals surface area (Å²) in [5.41, 5.74) is 9.49. The van der Waals surface area contributed by atoms with Crippen molar-refractivity contribution in [3.8, 4) is 0 Å². The van der Waals surface area contributed by atoms with Gasteiger partial charge in [-0.3, -0.25) is 14.6 Å². The fourth-order valence-corrected chi connectivity index (χ4v) is 2.89. The van der Waals surface area contributed by atoms with E-state index in [1.807, 2.05) is 57.2 Å². The van der Waals surface area contributed by atoms with Crippen molar-refractivity contribution in [2.24, 2.45) is 10.7 Å². The molecule has 0 unspecified atom stereocenters. The molecule has 6 nitrogen and oxygen atoms in total. The van der Waals surface area contributed by atoms with Crippen molar-refractivity contribution in [1.29, 1.82) is 0 Å². The monoisotopic (exact) mass is 366 g/mol. The maximum Gasteiger partial charge on any atom is 0.254 e. The maximum absolute atomic E-state index is 12.5. The lowest BCUT2D eigenvalue weighted by Gasteiger charge is -2.12. The highest BCUT2D eigenvalue weighted by molar-refractivity contribution is 6.20.